The van der Waals surface area contributed by atoms with Crippen LogP contribution in [0.4, 0.5) is 30.6 Å². The van der Waals surface area contributed by atoms with Crippen molar-refractivity contribution in [2.45, 2.75) is 26.4 Å². The molecule has 1 amide bonds. The van der Waals surface area contributed by atoms with Gasteiger partial charge < -0.3 is 9.64 Å². The first-order valence-electron chi connectivity index (χ1n) is 11.1. The van der Waals surface area contributed by atoms with Crippen molar-refractivity contribution in [1.82, 2.24) is 9.80 Å². The van der Waals surface area contributed by atoms with Crippen LogP contribution < -0.4 is 8.61 Å². The van der Waals surface area contributed by atoms with Gasteiger partial charge >= 0.3 is 16.3 Å². The van der Waals surface area contributed by atoms with E-state index in [4.69, 9.17) is 4.74 Å². The van der Waals surface area contributed by atoms with Crippen LogP contribution in [0.2, 0.25) is 0 Å². The largest absolute Gasteiger partial charge is 0.444 e. The molecule has 0 bridgehead atoms. The van der Waals surface area contributed by atoms with Gasteiger partial charge in [-0.3, -0.25) is 4.90 Å². The molecular formula is C23H28F2N4O4S. The predicted octanol–water partition coefficient (Wildman–Crippen LogP) is 3.72. The molecule has 0 spiro atoms. The molecule has 2 aliphatic heterocycles. The number of ether oxygens (including phenoxy) is 1. The Hall–Kier alpha value is -2.92. The first-order valence-corrected chi connectivity index (χ1v) is 12.4. The third-order valence-electron chi connectivity index (χ3n) is 5.67. The van der Waals surface area contributed by atoms with Crippen LogP contribution in [-0.4, -0.2) is 69.2 Å². The summed E-state index contributed by atoms with van der Waals surface area (Å²) in [6.07, 6.45) is -0.365. The molecule has 0 aromatic heterocycles. The molecule has 11 heteroatoms. The van der Waals surface area contributed by atoms with E-state index in [2.05, 4.69) is 4.90 Å². The first-order chi connectivity index (χ1) is 16.0. The Balaban J connectivity index is 1.47. The van der Waals surface area contributed by atoms with Crippen molar-refractivity contribution in [2.24, 2.45) is 0 Å². The molecule has 8 nitrogen and oxygen atoms in total. The Morgan fingerprint density at radius 1 is 0.912 bits per heavy atom. The summed E-state index contributed by atoms with van der Waals surface area (Å²) < 4.78 is 62.8. The molecule has 2 aromatic rings. The van der Waals surface area contributed by atoms with Crippen molar-refractivity contribution >= 4 is 33.4 Å². The van der Waals surface area contributed by atoms with Crippen LogP contribution in [0.5, 0.6) is 0 Å². The van der Waals surface area contributed by atoms with E-state index in [9.17, 15) is 22.0 Å². The highest BCUT2D eigenvalue weighted by molar-refractivity contribution is 7.95. The lowest BCUT2D eigenvalue weighted by Gasteiger charge is -2.36. The summed E-state index contributed by atoms with van der Waals surface area (Å²) in [6, 6.07) is 10.0. The number of hydrogen-bond acceptors (Lipinski definition) is 5. The van der Waals surface area contributed by atoms with E-state index in [1.54, 1.807) is 29.2 Å². The first kappa shape index (κ1) is 24.2. The number of carbonyl (C=O) groups is 1. The van der Waals surface area contributed by atoms with E-state index in [0.29, 0.717) is 38.4 Å². The van der Waals surface area contributed by atoms with Gasteiger partial charge in [0.1, 0.15) is 5.60 Å². The predicted molar refractivity (Wildman–Crippen MR) is 125 cm³/mol. The monoisotopic (exact) mass is 494 g/mol. The molecule has 0 radical (unpaired) electrons. The van der Waals surface area contributed by atoms with Crippen LogP contribution in [-0.2, 0) is 14.9 Å². The zero-order valence-corrected chi connectivity index (χ0v) is 20.2. The van der Waals surface area contributed by atoms with Crippen LogP contribution in [0.1, 0.15) is 20.8 Å². The SMILES string of the molecule is CC(C)(C)OC(=O)N1CCN(CCN2c3ccccc3N(c3cccc(F)c3F)S2(=O)=O)CC1. The minimum atomic E-state index is -4.18. The van der Waals surface area contributed by atoms with E-state index in [-0.39, 0.29) is 24.0 Å². The summed E-state index contributed by atoms with van der Waals surface area (Å²) in [5.74, 6) is -2.34. The Labute approximate surface area is 198 Å². The highest BCUT2D eigenvalue weighted by atomic mass is 32.2. The van der Waals surface area contributed by atoms with E-state index < -0.39 is 27.4 Å². The average Bonchev–Trinajstić information content (AvgIpc) is 2.99. The fraction of sp³-hybridized carbons (Fsp3) is 0.435. The van der Waals surface area contributed by atoms with Gasteiger partial charge in [-0.25, -0.2) is 22.2 Å². The molecule has 2 heterocycles. The van der Waals surface area contributed by atoms with Crippen molar-refractivity contribution in [3.8, 4) is 0 Å². The standard InChI is InChI=1S/C23H28F2N4O4S/c1-23(2,3)33-22(30)27-14-11-26(12-15-27)13-16-28-18-8-4-5-9-19(18)29(34(28,31)32)20-10-6-7-17(24)21(20)25/h4-10H,11-16H2,1-3H3. The van der Waals surface area contributed by atoms with Crippen molar-refractivity contribution in [1.29, 1.82) is 0 Å². The van der Waals surface area contributed by atoms with Gasteiger partial charge in [-0.05, 0) is 45.0 Å². The molecule has 1 fully saturated rings. The Bertz CT molecular complexity index is 1180. The number of anilines is 3. The summed E-state index contributed by atoms with van der Waals surface area (Å²) in [6.45, 7) is 8.05. The zero-order chi connectivity index (χ0) is 24.7. The molecule has 0 aliphatic carbocycles. The number of hydrogen-bond donors (Lipinski definition) is 0. The van der Waals surface area contributed by atoms with E-state index >= 15 is 0 Å². The van der Waals surface area contributed by atoms with Crippen molar-refractivity contribution in [3.05, 3.63) is 54.1 Å². The normalized spacial score (nSPS) is 18.2. The summed E-state index contributed by atoms with van der Waals surface area (Å²) >= 11 is 0. The number of nitrogens with zero attached hydrogens (tertiary/aromatic N) is 4. The van der Waals surface area contributed by atoms with E-state index in [0.717, 1.165) is 10.4 Å². The average molecular weight is 495 g/mol. The van der Waals surface area contributed by atoms with Gasteiger partial charge in [0.25, 0.3) is 0 Å². The number of benzene rings is 2. The maximum absolute atomic E-state index is 14.5. The summed E-state index contributed by atoms with van der Waals surface area (Å²) in [7, 11) is -4.18. The van der Waals surface area contributed by atoms with Crippen molar-refractivity contribution in [2.75, 3.05) is 47.9 Å². The van der Waals surface area contributed by atoms with Gasteiger partial charge in [-0.1, -0.05) is 18.2 Å². The maximum atomic E-state index is 14.5. The summed E-state index contributed by atoms with van der Waals surface area (Å²) in [4.78, 5) is 16.0. The van der Waals surface area contributed by atoms with Crippen LogP contribution >= 0.6 is 0 Å². The Kier molecular flexibility index (Phi) is 6.43. The number of amides is 1. The molecule has 184 valence electrons. The lowest BCUT2D eigenvalue weighted by Crippen LogP contribution is -2.51. The van der Waals surface area contributed by atoms with Gasteiger partial charge in [0, 0.05) is 39.3 Å². The van der Waals surface area contributed by atoms with Gasteiger partial charge in [-0.2, -0.15) is 8.42 Å². The number of piperazine rings is 1. The van der Waals surface area contributed by atoms with Crippen molar-refractivity contribution < 1.29 is 26.7 Å². The molecule has 0 saturated carbocycles. The fourth-order valence-electron chi connectivity index (χ4n) is 4.05. The third-order valence-corrected chi connectivity index (χ3v) is 7.46. The molecule has 2 aliphatic rings. The van der Waals surface area contributed by atoms with E-state index in [1.807, 2.05) is 20.8 Å². The quantitative estimate of drug-likeness (QED) is 0.648. The number of rotatable bonds is 4. The minimum Gasteiger partial charge on any atom is -0.444 e. The topological polar surface area (TPSA) is 73.4 Å². The van der Waals surface area contributed by atoms with Crippen molar-refractivity contribution in [3.63, 3.8) is 0 Å². The summed E-state index contributed by atoms with van der Waals surface area (Å²) in [5, 5.41) is 0. The number of carbonyl (C=O) groups excluding carboxylic acids is 1. The Morgan fingerprint density at radius 2 is 1.53 bits per heavy atom. The number of para-hydroxylation sites is 2. The molecule has 0 N–H and O–H groups in total. The second kappa shape index (κ2) is 9.03. The smallest absolute Gasteiger partial charge is 0.410 e. The number of fused-ring (bicyclic) bond motifs is 1. The van der Waals surface area contributed by atoms with Crippen LogP contribution in [0.3, 0.4) is 0 Å². The maximum Gasteiger partial charge on any atom is 0.410 e. The Morgan fingerprint density at radius 3 is 2.18 bits per heavy atom. The second-order valence-electron chi connectivity index (χ2n) is 9.22. The van der Waals surface area contributed by atoms with Gasteiger partial charge in [0.2, 0.25) is 0 Å². The fourth-order valence-corrected chi connectivity index (χ4v) is 5.75. The van der Waals surface area contributed by atoms with Gasteiger partial charge in [0.05, 0.1) is 17.1 Å². The van der Waals surface area contributed by atoms with Gasteiger partial charge in [-0.15, -0.1) is 0 Å². The van der Waals surface area contributed by atoms with Crippen LogP contribution in [0.15, 0.2) is 42.5 Å². The third kappa shape index (κ3) is 4.67. The van der Waals surface area contributed by atoms with Crippen LogP contribution in [0, 0.1) is 11.6 Å². The minimum absolute atomic E-state index is 0.124. The summed E-state index contributed by atoms with van der Waals surface area (Å²) in [5.41, 5.74) is -0.264. The van der Waals surface area contributed by atoms with E-state index in [1.165, 1.54) is 16.4 Å². The molecular weight excluding hydrogens is 466 g/mol. The molecule has 0 atom stereocenters. The molecule has 0 unspecified atom stereocenters. The highest BCUT2D eigenvalue weighted by Crippen LogP contribution is 2.45. The lowest BCUT2D eigenvalue weighted by atomic mass is 10.2. The zero-order valence-electron chi connectivity index (χ0n) is 19.4. The lowest BCUT2D eigenvalue weighted by molar-refractivity contribution is 0.0148. The highest BCUT2D eigenvalue weighted by Gasteiger charge is 2.42. The number of halogens is 2. The molecule has 4 rings (SSSR count). The molecule has 34 heavy (non-hydrogen) atoms. The molecule has 1 saturated heterocycles. The van der Waals surface area contributed by atoms with Crippen LogP contribution in [0.25, 0.3) is 0 Å². The van der Waals surface area contributed by atoms with Gasteiger partial charge in [0.15, 0.2) is 11.6 Å². The second-order valence-corrected chi connectivity index (χ2v) is 10.9. The molecule has 2 aromatic carbocycles.